The first kappa shape index (κ1) is 16.9. The molecule has 0 radical (unpaired) electrons. The van der Waals surface area contributed by atoms with Gasteiger partial charge in [0.2, 0.25) is 5.75 Å². The van der Waals surface area contributed by atoms with E-state index in [1.165, 1.54) is 35.5 Å². The second-order valence-electron chi connectivity index (χ2n) is 4.68. The minimum atomic E-state index is -1.81. The first-order valence-corrected chi connectivity index (χ1v) is 6.64. The summed E-state index contributed by atoms with van der Waals surface area (Å²) in [6.07, 6.45) is -0.865. The van der Waals surface area contributed by atoms with Gasteiger partial charge < -0.3 is 28.4 Å². The Balaban J connectivity index is 2.47. The molecule has 1 heterocycles. The SMILES string of the molecule is COC(=O)C1(C(=O)OC)OC1c1cc(OC)c(OC)c(OC)c1. The van der Waals surface area contributed by atoms with Gasteiger partial charge in [-0.3, -0.25) is 0 Å². The Morgan fingerprint density at radius 2 is 1.39 bits per heavy atom. The molecule has 126 valence electrons. The van der Waals surface area contributed by atoms with E-state index in [2.05, 4.69) is 9.47 Å². The highest BCUT2D eigenvalue weighted by Crippen LogP contribution is 2.54. The maximum absolute atomic E-state index is 12.0. The van der Waals surface area contributed by atoms with Gasteiger partial charge in [0.25, 0.3) is 5.60 Å². The predicted molar refractivity (Wildman–Crippen MR) is 76.7 cm³/mol. The van der Waals surface area contributed by atoms with Gasteiger partial charge in [0.15, 0.2) is 11.5 Å². The molecule has 0 spiro atoms. The van der Waals surface area contributed by atoms with Crippen molar-refractivity contribution in [1.82, 2.24) is 0 Å². The lowest BCUT2D eigenvalue weighted by molar-refractivity contribution is -0.160. The molecule has 8 heteroatoms. The van der Waals surface area contributed by atoms with Gasteiger partial charge in [0, 0.05) is 0 Å². The smallest absolute Gasteiger partial charge is 0.353 e. The summed E-state index contributed by atoms with van der Waals surface area (Å²) in [5.74, 6) is -0.519. The maximum Gasteiger partial charge on any atom is 0.353 e. The minimum absolute atomic E-state index is 0.376. The summed E-state index contributed by atoms with van der Waals surface area (Å²) < 4.78 is 30.4. The topological polar surface area (TPSA) is 92.8 Å². The monoisotopic (exact) mass is 326 g/mol. The van der Waals surface area contributed by atoms with Gasteiger partial charge in [-0.05, 0) is 17.7 Å². The molecule has 1 aromatic rings. The van der Waals surface area contributed by atoms with Crippen LogP contribution in [-0.4, -0.2) is 53.1 Å². The maximum atomic E-state index is 12.0. The van der Waals surface area contributed by atoms with Crippen molar-refractivity contribution in [1.29, 1.82) is 0 Å². The van der Waals surface area contributed by atoms with E-state index in [1.807, 2.05) is 0 Å². The third kappa shape index (κ3) is 2.55. The van der Waals surface area contributed by atoms with Crippen LogP contribution in [0.5, 0.6) is 17.2 Å². The largest absolute Gasteiger partial charge is 0.493 e. The van der Waals surface area contributed by atoms with Crippen LogP contribution in [0.25, 0.3) is 0 Å². The first-order valence-electron chi connectivity index (χ1n) is 6.64. The van der Waals surface area contributed by atoms with E-state index < -0.39 is 23.6 Å². The Kier molecular flexibility index (Phi) is 4.65. The van der Waals surface area contributed by atoms with Crippen LogP contribution >= 0.6 is 0 Å². The number of methoxy groups -OCH3 is 5. The third-order valence-electron chi connectivity index (χ3n) is 3.58. The summed E-state index contributed by atoms with van der Waals surface area (Å²) in [7, 11) is 6.73. The third-order valence-corrected chi connectivity index (χ3v) is 3.58. The van der Waals surface area contributed by atoms with E-state index >= 15 is 0 Å². The number of benzene rings is 1. The van der Waals surface area contributed by atoms with Gasteiger partial charge in [-0.15, -0.1) is 0 Å². The molecule has 1 atom stereocenters. The van der Waals surface area contributed by atoms with Crippen molar-refractivity contribution in [2.45, 2.75) is 11.7 Å². The number of hydrogen-bond acceptors (Lipinski definition) is 8. The predicted octanol–water partition coefficient (Wildman–Crippen LogP) is 0.868. The molecule has 0 saturated carbocycles. The highest BCUT2D eigenvalue weighted by molar-refractivity contribution is 6.07. The standard InChI is InChI=1S/C15H18O8/c1-18-9-6-8(7-10(19-2)11(9)20-3)12-15(23-12,13(16)21-4)14(17)22-5/h6-7,12H,1-5H3. The average Bonchev–Trinajstić information content (AvgIpc) is 3.35. The van der Waals surface area contributed by atoms with Crippen molar-refractivity contribution in [3.8, 4) is 17.2 Å². The molecule has 0 amide bonds. The van der Waals surface area contributed by atoms with Gasteiger partial charge in [-0.2, -0.15) is 0 Å². The number of carbonyl (C=O) groups is 2. The highest BCUT2D eigenvalue weighted by Gasteiger charge is 2.71. The zero-order valence-electron chi connectivity index (χ0n) is 13.5. The zero-order valence-corrected chi connectivity index (χ0v) is 13.5. The van der Waals surface area contributed by atoms with E-state index in [-0.39, 0.29) is 0 Å². The highest BCUT2D eigenvalue weighted by atomic mass is 16.7. The molecule has 1 fully saturated rings. The van der Waals surface area contributed by atoms with Crippen molar-refractivity contribution in [3.63, 3.8) is 0 Å². The number of rotatable bonds is 6. The van der Waals surface area contributed by atoms with E-state index in [0.29, 0.717) is 22.8 Å². The Labute approximate surface area is 133 Å². The fraction of sp³-hybridized carbons (Fsp3) is 0.467. The normalized spacial score (nSPS) is 17.9. The molecule has 1 aromatic carbocycles. The molecule has 0 aliphatic carbocycles. The molecule has 8 nitrogen and oxygen atoms in total. The number of hydrogen-bond donors (Lipinski definition) is 0. The number of ether oxygens (including phenoxy) is 6. The quantitative estimate of drug-likeness (QED) is 0.432. The van der Waals surface area contributed by atoms with Crippen LogP contribution in [0.1, 0.15) is 11.7 Å². The Morgan fingerprint density at radius 1 is 0.913 bits per heavy atom. The fourth-order valence-corrected chi connectivity index (χ4v) is 2.40. The Morgan fingerprint density at radius 3 is 1.74 bits per heavy atom. The second-order valence-corrected chi connectivity index (χ2v) is 4.68. The van der Waals surface area contributed by atoms with Crippen LogP contribution in [0.3, 0.4) is 0 Å². The summed E-state index contributed by atoms with van der Waals surface area (Å²) in [5.41, 5.74) is -1.32. The van der Waals surface area contributed by atoms with Gasteiger partial charge in [-0.25, -0.2) is 9.59 Å². The van der Waals surface area contributed by atoms with E-state index in [9.17, 15) is 9.59 Å². The van der Waals surface area contributed by atoms with Crippen molar-refractivity contribution in [2.24, 2.45) is 0 Å². The molecule has 0 aromatic heterocycles. The average molecular weight is 326 g/mol. The van der Waals surface area contributed by atoms with Gasteiger partial charge in [0.1, 0.15) is 6.10 Å². The van der Waals surface area contributed by atoms with Crippen LogP contribution in [0.4, 0.5) is 0 Å². The molecule has 23 heavy (non-hydrogen) atoms. The number of esters is 2. The van der Waals surface area contributed by atoms with E-state index in [4.69, 9.17) is 18.9 Å². The van der Waals surface area contributed by atoms with E-state index in [0.717, 1.165) is 0 Å². The zero-order chi connectivity index (χ0) is 17.2. The van der Waals surface area contributed by atoms with Crippen molar-refractivity contribution in [2.75, 3.05) is 35.5 Å². The Bertz CT molecular complexity index is 583. The summed E-state index contributed by atoms with van der Waals surface area (Å²) >= 11 is 0. The van der Waals surface area contributed by atoms with Gasteiger partial charge in [0.05, 0.1) is 35.5 Å². The lowest BCUT2D eigenvalue weighted by Gasteiger charge is -2.14. The van der Waals surface area contributed by atoms with Crippen LogP contribution in [0.15, 0.2) is 12.1 Å². The number of carbonyl (C=O) groups excluding carboxylic acids is 2. The molecular formula is C15H18O8. The first-order chi connectivity index (χ1) is 11.0. The lowest BCUT2D eigenvalue weighted by atomic mass is 9.98. The number of epoxide rings is 1. The molecule has 0 bridgehead atoms. The second kappa shape index (κ2) is 6.33. The molecule has 0 N–H and O–H groups in total. The van der Waals surface area contributed by atoms with Gasteiger partial charge >= 0.3 is 11.9 Å². The fourth-order valence-electron chi connectivity index (χ4n) is 2.40. The van der Waals surface area contributed by atoms with Crippen molar-refractivity contribution < 1.29 is 38.0 Å². The molecule has 1 unspecified atom stereocenters. The summed E-state index contributed by atoms with van der Waals surface area (Å²) in [6.45, 7) is 0. The lowest BCUT2D eigenvalue weighted by Crippen LogP contribution is -2.37. The van der Waals surface area contributed by atoms with E-state index in [1.54, 1.807) is 12.1 Å². The summed E-state index contributed by atoms with van der Waals surface area (Å²) in [5, 5.41) is 0. The van der Waals surface area contributed by atoms with Crippen molar-refractivity contribution in [3.05, 3.63) is 17.7 Å². The van der Waals surface area contributed by atoms with Crippen molar-refractivity contribution >= 4 is 11.9 Å². The molecule has 1 aliphatic rings. The molecule has 1 aliphatic heterocycles. The summed E-state index contributed by atoms with van der Waals surface area (Å²) in [6, 6.07) is 3.19. The molecule has 2 rings (SSSR count). The minimum Gasteiger partial charge on any atom is -0.493 e. The van der Waals surface area contributed by atoms with Gasteiger partial charge in [-0.1, -0.05) is 0 Å². The molecule has 1 saturated heterocycles. The van der Waals surface area contributed by atoms with Crippen LogP contribution in [0.2, 0.25) is 0 Å². The van der Waals surface area contributed by atoms with Crippen LogP contribution in [-0.2, 0) is 23.8 Å². The Hall–Kier alpha value is -2.48. The van der Waals surface area contributed by atoms with Crippen LogP contribution < -0.4 is 14.2 Å². The summed E-state index contributed by atoms with van der Waals surface area (Å²) in [4.78, 5) is 24.0. The van der Waals surface area contributed by atoms with Crippen LogP contribution in [0, 0.1) is 0 Å². The molecular weight excluding hydrogens is 308 g/mol.